The summed E-state index contributed by atoms with van der Waals surface area (Å²) >= 11 is 0. The van der Waals surface area contributed by atoms with Gasteiger partial charge in [0.25, 0.3) is 0 Å². The van der Waals surface area contributed by atoms with Crippen LogP contribution in [0, 0.1) is 12.3 Å². The topological polar surface area (TPSA) is 24.9 Å². The minimum Gasteiger partial charge on any atom is -0.370 e. The summed E-state index contributed by atoms with van der Waals surface area (Å²) in [6.07, 6.45) is 5.42. The van der Waals surface area contributed by atoms with Crippen molar-refractivity contribution in [3.8, 4) is 0 Å². The third-order valence-corrected chi connectivity index (χ3v) is 3.27. The molecule has 0 bridgehead atoms. The Bertz CT molecular complexity index is 329. The molecule has 0 aromatic carbocycles. The van der Waals surface area contributed by atoms with Crippen molar-refractivity contribution in [1.82, 2.24) is 4.98 Å². The van der Waals surface area contributed by atoms with Gasteiger partial charge in [0, 0.05) is 12.2 Å². The number of aryl methyl sites for hydroxylation is 1. The first-order chi connectivity index (χ1) is 7.24. The molecule has 0 amide bonds. The van der Waals surface area contributed by atoms with Crippen LogP contribution < -0.4 is 5.32 Å². The number of nitrogens with one attached hydrogen (secondary N) is 1. The van der Waals surface area contributed by atoms with Crippen molar-refractivity contribution in [2.24, 2.45) is 5.41 Å². The smallest absolute Gasteiger partial charge is 0.126 e. The van der Waals surface area contributed by atoms with E-state index in [1.165, 1.54) is 25.7 Å². The average Bonchev–Trinajstić information content (AvgIpc) is 2.97. The van der Waals surface area contributed by atoms with Crippen LogP contribution in [0.4, 0.5) is 5.82 Å². The number of pyridine rings is 1. The molecule has 0 radical (unpaired) electrons. The molecule has 1 aromatic rings. The Morgan fingerprint density at radius 3 is 2.80 bits per heavy atom. The molecule has 1 aromatic heterocycles. The standard InChI is InChI=1S/C13H20N2/c1-3-7-13(8-9-13)10-14-12-6-4-5-11(2)15-12/h4-6H,3,7-10H2,1-2H3,(H,14,15). The minimum absolute atomic E-state index is 0.597. The van der Waals surface area contributed by atoms with Gasteiger partial charge in [-0.3, -0.25) is 0 Å². The van der Waals surface area contributed by atoms with E-state index in [-0.39, 0.29) is 0 Å². The van der Waals surface area contributed by atoms with E-state index >= 15 is 0 Å². The summed E-state index contributed by atoms with van der Waals surface area (Å²) in [6, 6.07) is 6.14. The Morgan fingerprint density at radius 1 is 1.40 bits per heavy atom. The quantitative estimate of drug-likeness (QED) is 0.795. The van der Waals surface area contributed by atoms with Gasteiger partial charge in [-0.2, -0.15) is 0 Å². The lowest BCUT2D eigenvalue weighted by atomic mass is 10.0. The number of hydrogen-bond donors (Lipinski definition) is 1. The van der Waals surface area contributed by atoms with Crippen molar-refractivity contribution in [3.63, 3.8) is 0 Å². The largest absolute Gasteiger partial charge is 0.370 e. The van der Waals surface area contributed by atoms with Gasteiger partial charge in [0.05, 0.1) is 0 Å². The molecule has 2 nitrogen and oxygen atoms in total. The number of aromatic nitrogens is 1. The lowest BCUT2D eigenvalue weighted by molar-refractivity contribution is 0.485. The van der Waals surface area contributed by atoms with Gasteiger partial charge in [-0.25, -0.2) is 4.98 Å². The number of hydrogen-bond acceptors (Lipinski definition) is 2. The van der Waals surface area contributed by atoms with Crippen LogP contribution in [0.25, 0.3) is 0 Å². The van der Waals surface area contributed by atoms with Crippen molar-refractivity contribution in [2.75, 3.05) is 11.9 Å². The lowest BCUT2D eigenvalue weighted by Crippen LogP contribution is -2.15. The number of anilines is 1. The zero-order chi connectivity index (χ0) is 10.7. The molecule has 1 heterocycles. The fraction of sp³-hybridized carbons (Fsp3) is 0.615. The average molecular weight is 204 g/mol. The summed E-state index contributed by atoms with van der Waals surface area (Å²) in [4.78, 5) is 4.45. The van der Waals surface area contributed by atoms with Crippen molar-refractivity contribution in [1.29, 1.82) is 0 Å². The van der Waals surface area contributed by atoms with Gasteiger partial charge in [0.2, 0.25) is 0 Å². The highest BCUT2D eigenvalue weighted by Gasteiger charge is 2.41. The molecule has 1 N–H and O–H groups in total. The van der Waals surface area contributed by atoms with Crippen LogP contribution in [0.3, 0.4) is 0 Å². The van der Waals surface area contributed by atoms with Crippen LogP contribution in [0.1, 0.15) is 38.3 Å². The summed E-state index contributed by atoms with van der Waals surface area (Å²) in [5.74, 6) is 1.03. The lowest BCUT2D eigenvalue weighted by Gasteiger charge is -2.15. The van der Waals surface area contributed by atoms with Gasteiger partial charge >= 0.3 is 0 Å². The molecule has 0 spiro atoms. The molecular formula is C13H20N2. The Balaban J connectivity index is 1.88. The monoisotopic (exact) mass is 204 g/mol. The summed E-state index contributed by atoms with van der Waals surface area (Å²) in [5.41, 5.74) is 1.68. The first-order valence-corrected chi connectivity index (χ1v) is 5.92. The van der Waals surface area contributed by atoms with Crippen LogP contribution >= 0.6 is 0 Å². The summed E-state index contributed by atoms with van der Waals surface area (Å²) in [5, 5.41) is 3.46. The first kappa shape index (κ1) is 10.5. The van der Waals surface area contributed by atoms with Gasteiger partial charge in [-0.1, -0.05) is 19.4 Å². The summed E-state index contributed by atoms with van der Waals surface area (Å²) in [7, 11) is 0. The van der Waals surface area contributed by atoms with E-state index in [1.807, 2.05) is 13.0 Å². The van der Waals surface area contributed by atoms with E-state index in [1.54, 1.807) is 0 Å². The van der Waals surface area contributed by atoms with Crippen LogP contribution in [0.2, 0.25) is 0 Å². The number of nitrogens with zero attached hydrogens (tertiary/aromatic N) is 1. The van der Waals surface area contributed by atoms with E-state index in [4.69, 9.17) is 0 Å². The van der Waals surface area contributed by atoms with Crippen molar-refractivity contribution in [3.05, 3.63) is 23.9 Å². The van der Waals surface area contributed by atoms with Crippen molar-refractivity contribution in [2.45, 2.75) is 39.5 Å². The summed E-state index contributed by atoms with van der Waals surface area (Å²) < 4.78 is 0. The second-order valence-electron chi connectivity index (χ2n) is 4.77. The molecule has 15 heavy (non-hydrogen) atoms. The van der Waals surface area contributed by atoms with Gasteiger partial charge in [-0.15, -0.1) is 0 Å². The minimum atomic E-state index is 0.597. The zero-order valence-electron chi connectivity index (χ0n) is 9.71. The molecule has 1 aliphatic rings. The highest BCUT2D eigenvalue weighted by Crippen LogP contribution is 2.49. The maximum atomic E-state index is 4.45. The molecule has 2 rings (SSSR count). The Kier molecular flexibility index (Phi) is 2.94. The normalized spacial score (nSPS) is 17.5. The molecule has 0 unspecified atom stereocenters. The predicted octanol–water partition coefficient (Wildman–Crippen LogP) is 3.38. The second kappa shape index (κ2) is 4.21. The Labute approximate surface area is 92.1 Å². The van der Waals surface area contributed by atoms with E-state index in [9.17, 15) is 0 Å². The van der Waals surface area contributed by atoms with E-state index in [0.29, 0.717) is 5.41 Å². The van der Waals surface area contributed by atoms with Gasteiger partial charge < -0.3 is 5.32 Å². The Morgan fingerprint density at radius 2 is 2.20 bits per heavy atom. The molecule has 82 valence electrons. The second-order valence-corrected chi connectivity index (χ2v) is 4.77. The first-order valence-electron chi connectivity index (χ1n) is 5.92. The SMILES string of the molecule is CCCC1(CNc2cccc(C)n2)CC1. The van der Waals surface area contributed by atoms with Crippen molar-refractivity contribution >= 4 is 5.82 Å². The van der Waals surface area contributed by atoms with Crippen LogP contribution in [0.5, 0.6) is 0 Å². The predicted molar refractivity (Wildman–Crippen MR) is 64.0 cm³/mol. The van der Waals surface area contributed by atoms with Gasteiger partial charge in [0.15, 0.2) is 0 Å². The zero-order valence-corrected chi connectivity index (χ0v) is 9.71. The van der Waals surface area contributed by atoms with Crippen molar-refractivity contribution < 1.29 is 0 Å². The molecule has 0 saturated heterocycles. The third kappa shape index (κ3) is 2.71. The molecule has 1 saturated carbocycles. The van der Waals surface area contributed by atoms with E-state index in [0.717, 1.165) is 18.1 Å². The third-order valence-electron chi connectivity index (χ3n) is 3.27. The van der Waals surface area contributed by atoms with Crippen LogP contribution in [-0.4, -0.2) is 11.5 Å². The Hall–Kier alpha value is -1.05. The maximum Gasteiger partial charge on any atom is 0.126 e. The molecule has 0 atom stereocenters. The highest BCUT2D eigenvalue weighted by molar-refractivity contribution is 5.35. The molecule has 1 aliphatic carbocycles. The van der Waals surface area contributed by atoms with Gasteiger partial charge in [-0.05, 0) is 43.7 Å². The molecular weight excluding hydrogens is 184 g/mol. The fourth-order valence-electron chi connectivity index (χ4n) is 2.14. The van der Waals surface area contributed by atoms with Crippen LogP contribution in [-0.2, 0) is 0 Å². The summed E-state index contributed by atoms with van der Waals surface area (Å²) in [6.45, 7) is 5.40. The molecule has 0 aliphatic heterocycles. The fourth-order valence-corrected chi connectivity index (χ4v) is 2.14. The number of rotatable bonds is 5. The van der Waals surface area contributed by atoms with Gasteiger partial charge in [0.1, 0.15) is 5.82 Å². The van der Waals surface area contributed by atoms with E-state index in [2.05, 4.69) is 29.4 Å². The highest BCUT2D eigenvalue weighted by atomic mass is 15.0. The van der Waals surface area contributed by atoms with Crippen LogP contribution in [0.15, 0.2) is 18.2 Å². The maximum absolute atomic E-state index is 4.45. The molecule has 2 heteroatoms. The van der Waals surface area contributed by atoms with E-state index < -0.39 is 0 Å². The molecule has 1 fully saturated rings.